The molecule has 108 valence electrons. The molecular formula is C16H14Cl2N2O. The molecular weight excluding hydrogens is 307 g/mol. The highest BCUT2D eigenvalue weighted by atomic mass is 35.5. The monoisotopic (exact) mass is 320 g/mol. The van der Waals surface area contributed by atoms with E-state index in [-0.39, 0.29) is 11.9 Å². The van der Waals surface area contributed by atoms with Gasteiger partial charge < -0.3 is 4.90 Å². The van der Waals surface area contributed by atoms with E-state index in [1.165, 1.54) is 0 Å². The van der Waals surface area contributed by atoms with E-state index in [9.17, 15) is 4.79 Å². The molecule has 1 fully saturated rings. The van der Waals surface area contributed by atoms with Crippen LogP contribution in [0.15, 0.2) is 42.5 Å². The molecule has 0 spiro atoms. The summed E-state index contributed by atoms with van der Waals surface area (Å²) in [5.41, 5.74) is 1.45. The summed E-state index contributed by atoms with van der Waals surface area (Å²) in [6.07, 6.45) is 1.91. The van der Waals surface area contributed by atoms with Gasteiger partial charge in [0.25, 0.3) is 5.91 Å². The van der Waals surface area contributed by atoms with Crippen LogP contribution in [-0.2, 0) is 0 Å². The SMILES string of the molecule is O=C(c1cccc(Cl)n1)N1CCCC1c1cccc(Cl)c1. The van der Waals surface area contributed by atoms with Gasteiger partial charge in [0, 0.05) is 11.6 Å². The first-order chi connectivity index (χ1) is 10.1. The number of hydrogen-bond acceptors (Lipinski definition) is 2. The Balaban J connectivity index is 1.89. The molecule has 3 nitrogen and oxygen atoms in total. The normalized spacial score (nSPS) is 18.0. The van der Waals surface area contributed by atoms with Crippen LogP contribution >= 0.6 is 23.2 Å². The standard InChI is InChI=1S/C16H14Cl2N2O/c17-12-5-1-4-11(10-12)14-7-3-9-20(14)16(21)13-6-2-8-15(18)19-13/h1-2,4-6,8,10,14H,3,7,9H2. The van der Waals surface area contributed by atoms with Gasteiger partial charge in [0.05, 0.1) is 6.04 Å². The summed E-state index contributed by atoms with van der Waals surface area (Å²) < 4.78 is 0. The number of amides is 1. The van der Waals surface area contributed by atoms with Gasteiger partial charge in [-0.1, -0.05) is 41.4 Å². The Bertz CT molecular complexity index is 675. The largest absolute Gasteiger partial charge is 0.330 e. The molecule has 0 bridgehead atoms. The number of pyridine rings is 1. The van der Waals surface area contributed by atoms with Crippen LogP contribution in [0.25, 0.3) is 0 Å². The van der Waals surface area contributed by atoms with Crippen molar-refractivity contribution in [2.45, 2.75) is 18.9 Å². The fourth-order valence-electron chi connectivity index (χ4n) is 2.74. The number of aromatic nitrogens is 1. The third-order valence-corrected chi connectivity index (χ3v) is 4.13. The smallest absolute Gasteiger partial charge is 0.273 e. The summed E-state index contributed by atoms with van der Waals surface area (Å²) >= 11 is 11.9. The van der Waals surface area contributed by atoms with E-state index in [2.05, 4.69) is 4.98 Å². The Morgan fingerprint density at radius 3 is 2.76 bits per heavy atom. The second-order valence-corrected chi connectivity index (χ2v) is 5.88. The van der Waals surface area contributed by atoms with E-state index in [1.807, 2.05) is 29.2 Å². The van der Waals surface area contributed by atoms with Crippen LogP contribution in [0.3, 0.4) is 0 Å². The van der Waals surface area contributed by atoms with Gasteiger partial charge in [0.2, 0.25) is 0 Å². The highest BCUT2D eigenvalue weighted by Gasteiger charge is 2.31. The van der Waals surface area contributed by atoms with Crippen molar-refractivity contribution < 1.29 is 4.79 Å². The van der Waals surface area contributed by atoms with E-state index in [1.54, 1.807) is 18.2 Å². The van der Waals surface area contributed by atoms with Gasteiger partial charge in [-0.05, 0) is 42.7 Å². The van der Waals surface area contributed by atoms with E-state index in [0.29, 0.717) is 15.9 Å². The van der Waals surface area contributed by atoms with Crippen LogP contribution < -0.4 is 0 Å². The fraction of sp³-hybridized carbons (Fsp3) is 0.250. The summed E-state index contributed by atoms with van der Waals surface area (Å²) in [6, 6.07) is 12.8. The molecule has 1 unspecified atom stereocenters. The van der Waals surface area contributed by atoms with Crippen molar-refractivity contribution in [3.8, 4) is 0 Å². The van der Waals surface area contributed by atoms with Crippen molar-refractivity contribution >= 4 is 29.1 Å². The third kappa shape index (κ3) is 3.04. The topological polar surface area (TPSA) is 33.2 Å². The van der Waals surface area contributed by atoms with Crippen LogP contribution in [-0.4, -0.2) is 22.3 Å². The molecule has 3 rings (SSSR count). The number of carbonyl (C=O) groups is 1. The Kier molecular flexibility index (Phi) is 4.13. The number of nitrogens with zero attached hydrogens (tertiary/aromatic N) is 2. The molecule has 1 saturated heterocycles. The van der Waals surface area contributed by atoms with E-state index in [4.69, 9.17) is 23.2 Å². The second-order valence-electron chi connectivity index (χ2n) is 5.06. The van der Waals surface area contributed by atoms with Gasteiger partial charge in [0.15, 0.2) is 0 Å². The highest BCUT2D eigenvalue weighted by Crippen LogP contribution is 2.33. The average molecular weight is 321 g/mol. The number of benzene rings is 1. The molecule has 5 heteroatoms. The molecule has 0 saturated carbocycles. The van der Waals surface area contributed by atoms with Crippen molar-refractivity contribution in [2.75, 3.05) is 6.54 Å². The molecule has 1 aliphatic heterocycles. The zero-order valence-corrected chi connectivity index (χ0v) is 12.8. The zero-order chi connectivity index (χ0) is 14.8. The van der Waals surface area contributed by atoms with Gasteiger partial charge in [-0.2, -0.15) is 0 Å². The van der Waals surface area contributed by atoms with Crippen molar-refractivity contribution in [3.05, 3.63) is 63.9 Å². The first-order valence-electron chi connectivity index (χ1n) is 6.84. The van der Waals surface area contributed by atoms with E-state index < -0.39 is 0 Å². The lowest BCUT2D eigenvalue weighted by atomic mass is 10.0. The molecule has 2 heterocycles. The molecule has 1 aliphatic rings. The maximum Gasteiger partial charge on any atom is 0.273 e. The van der Waals surface area contributed by atoms with Gasteiger partial charge >= 0.3 is 0 Å². The first kappa shape index (κ1) is 14.4. The Labute approximate surface area is 133 Å². The predicted molar refractivity (Wildman–Crippen MR) is 83.7 cm³/mol. The molecule has 21 heavy (non-hydrogen) atoms. The number of hydrogen-bond donors (Lipinski definition) is 0. The maximum absolute atomic E-state index is 12.6. The van der Waals surface area contributed by atoms with Crippen LogP contribution in [0, 0.1) is 0 Å². The Morgan fingerprint density at radius 1 is 1.19 bits per heavy atom. The zero-order valence-electron chi connectivity index (χ0n) is 11.3. The highest BCUT2D eigenvalue weighted by molar-refractivity contribution is 6.30. The molecule has 0 radical (unpaired) electrons. The van der Waals surface area contributed by atoms with Crippen molar-refractivity contribution in [2.24, 2.45) is 0 Å². The number of carbonyl (C=O) groups excluding carboxylic acids is 1. The third-order valence-electron chi connectivity index (χ3n) is 3.68. The number of halogens is 2. The van der Waals surface area contributed by atoms with Crippen LogP contribution in [0.4, 0.5) is 0 Å². The summed E-state index contributed by atoms with van der Waals surface area (Å²) in [4.78, 5) is 18.6. The minimum absolute atomic E-state index is 0.0528. The van der Waals surface area contributed by atoms with Crippen molar-refractivity contribution in [1.29, 1.82) is 0 Å². The first-order valence-corrected chi connectivity index (χ1v) is 7.60. The molecule has 1 aromatic heterocycles. The summed E-state index contributed by atoms with van der Waals surface area (Å²) in [7, 11) is 0. The van der Waals surface area contributed by atoms with Gasteiger partial charge in [-0.3, -0.25) is 4.79 Å². The minimum atomic E-state index is -0.0834. The molecule has 1 atom stereocenters. The molecule has 0 aliphatic carbocycles. The summed E-state index contributed by atoms with van der Waals surface area (Å²) in [5.74, 6) is -0.0834. The van der Waals surface area contributed by atoms with Crippen LogP contribution in [0.5, 0.6) is 0 Å². The van der Waals surface area contributed by atoms with E-state index >= 15 is 0 Å². The van der Waals surface area contributed by atoms with Crippen molar-refractivity contribution in [3.63, 3.8) is 0 Å². The lowest BCUT2D eigenvalue weighted by Gasteiger charge is -2.25. The van der Waals surface area contributed by atoms with Crippen LogP contribution in [0.1, 0.15) is 34.9 Å². The van der Waals surface area contributed by atoms with Gasteiger partial charge in [-0.25, -0.2) is 4.98 Å². The quantitative estimate of drug-likeness (QED) is 0.770. The molecule has 2 aromatic rings. The summed E-state index contributed by atoms with van der Waals surface area (Å²) in [5, 5.41) is 1.02. The number of likely N-dealkylation sites (tertiary alicyclic amines) is 1. The molecule has 1 aromatic carbocycles. The predicted octanol–water partition coefficient (Wildman–Crippen LogP) is 4.37. The maximum atomic E-state index is 12.6. The van der Waals surface area contributed by atoms with E-state index in [0.717, 1.165) is 24.9 Å². The lowest BCUT2D eigenvalue weighted by molar-refractivity contribution is 0.0729. The van der Waals surface area contributed by atoms with Crippen molar-refractivity contribution in [1.82, 2.24) is 9.88 Å². The lowest BCUT2D eigenvalue weighted by Crippen LogP contribution is -2.31. The van der Waals surface area contributed by atoms with Gasteiger partial charge in [-0.15, -0.1) is 0 Å². The molecule has 0 N–H and O–H groups in total. The Hall–Kier alpha value is -1.58. The summed E-state index contributed by atoms with van der Waals surface area (Å²) in [6.45, 7) is 0.726. The number of rotatable bonds is 2. The Morgan fingerprint density at radius 2 is 2.00 bits per heavy atom. The average Bonchev–Trinajstić information content (AvgIpc) is 2.96. The molecule has 1 amide bonds. The fourth-order valence-corrected chi connectivity index (χ4v) is 3.11. The second kappa shape index (κ2) is 6.04. The van der Waals surface area contributed by atoms with Crippen LogP contribution in [0.2, 0.25) is 10.2 Å². The van der Waals surface area contributed by atoms with Gasteiger partial charge in [0.1, 0.15) is 10.8 Å². The minimum Gasteiger partial charge on any atom is -0.330 e.